The van der Waals surface area contributed by atoms with Gasteiger partial charge in [0.15, 0.2) is 5.82 Å². The summed E-state index contributed by atoms with van der Waals surface area (Å²) in [4.78, 5) is 5.63. The van der Waals surface area contributed by atoms with Gasteiger partial charge in [0.1, 0.15) is 0 Å². The van der Waals surface area contributed by atoms with Crippen molar-refractivity contribution in [2.45, 2.75) is 49.8 Å². The first-order valence-corrected chi connectivity index (χ1v) is 9.49. The van der Waals surface area contributed by atoms with E-state index >= 15 is 0 Å². The van der Waals surface area contributed by atoms with Gasteiger partial charge in [-0.3, -0.25) is 5.10 Å². The lowest BCUT2D eigenvalue weighted by Gasteiger charge is -2.14. The van der Waals surface area contributed by atoms with Gasteiger partial charge in [-0.1, -0.05) is 43.5 Å². The molecule has 1 aliphatic carbocycles. The third kappa shape index (κ3) is 4.56. The quantitative estimate of drug-likeness (QED) is 0.487. The highest BCUT2D eigenvalue weighted by atomic mass is 32.2. The molecular formula is C15H21N3OS2. The summed E-state index contributed by atoms with van der Waals surface area (Å²) in [5.74, 6) is 1.77. The lowest BCUT2D eigenvalue weighted by Crippen LogP contribution is -2.13. The zero-order chi connectivity index (χ0) is 14.3. The molecule has 114 valence electrons. The monoisotopic (exact) mass is 323 g/mol. The van der Waals surface area contributed by atoms with Gasteiger partial charge in [0.2, 0.25) is 5.16 Å². The van der Waals surface area contributed by atoms with E-state index in [0.29, 0.717) is 6.10 Å². The number of hydrogen-bond acceptors (Lipinski definition) is 5. The molecule has 1 fully saturated rings. The Kier molecular flexibility index (Phi) is 5.71. The predicted octanol–water partition coefficient (Wildman–Crippen LogP) is 4.36. The van der Waals surface area contributed by atoms with Crippen molar-refractivity contribution in [1.29, 1.82) is 0 Å². The third-order valence-electron chi connectivity index (χ3n) is 3.69. The molecule has 4 nitrogen and oxygen atoms in total. The number of thioether (sulfide) groups is 1. The largest absolute Gasteiger partial charge is 0.377 e. The van der Waals surface area contributed by atoms with Crippen LogP contribution in [-0.2, 0) is 4.74 Å². The topological polar surface area (TPSA) is 50.8 Å². The second kappa shape index (κ2) is 7.96. The maximum atomic E-state index is 5.98. The Bertz CT molecular complexity index is 519. The van der Waals surface area contributed by atoms with Crippen LogP contribution in [0.3, 0.4) is 0 Å². The Morgan fingerprint density at radius 2 is 2.14 bits per heavy atom. The molecule has 1 saturated carbocycles. The van der Waals surface area contributed by atoms with Crippen LogP contribution >= 0.6 is 23.1 Å². The number of ether oxygens (including phenoxy) is 1. The summed E-state index contributed by atoms with van der Waals surface area (Å²) >= 11 is 3.33. The first-order chi connectivity index (χ1) is 10.4. The number of nitrogens with one attached hydrogen (secondary N) is 1. The molecule has 0 aromatic carbocycles. The number of aromatic amines is 1. The molecule has 0 spiro atoms. The van der Waals surface area contributed by atoms with E-state index in [0.717, 1.165) is 28.2 Å². The molecule has 2 aromatic rings. The van der Waals surface area contributed by atoms with E-state index in [1.165, 1.54) is 38.5 Å². The molecule has 0 bridgehead atoms. The van der Waals surface area contributed by atoms with Crippen LogP contribution in [0.1, 0.15) is 38.5 Å². The SMILES string of the molecule is c1csc(-c2nc(SCCOC3CCCCCC3)n[nH]2)c1. The zero-order valence-corrected chi connectivity index (χ0v) is 13.7. The van der Waals surface area contributed by atoms with E-state index < -0.39 is 0 Å². The molecule has 0 amide bonds. The highest BCUT2D eigenvalue weighted by molar-refractivity contribution is 7.99. The Morgan fingerprint density at radius 1 is 1.29 bits per heavy atom. The van der Waals surface area contributed by atoms with E-state index in [-0.39, 0.29) is 0 Å². The van der Waals surface area contributed by atoms with Crippen LogP contribution in [0.15, 0.2) is 22.7 Å². The highest BCUT2D eigenvalue weighted by Gasteiger charge is 2.12. The zero-order valence-electron chi connectivity index (χ0n) is 12.1. The first kappa shape index (κ1) is 15.1. The van der Waals surface area contributed by atoms with Crippen molar-refractivity contribution < 1.29 is 4.74 Å². The lowest BCUT2D eigenvalue weighted by molar-refractivity contribution is 0.0542. The number of thiophene rings is 1. The molecule has 1 aliphatic rings. The van der Waals surface area contributed by atoms with Crippen LogP contribution in [0, 0.1) is 0 Å². The lowest BCUT2D eigenvalue weighted by atomic mass is 10.1. The van der Waals surface area contributed by atoms with Gasteiger partial charge >= 0.3 is 0 Å². The van der Waals surface area contributed by atoms with Crippen LogP contribution in [-0.4, -0.2) is 33.6 Å². The molecule has 0 radical (unpaired) electrons. The van der Waals surface area contributed by atoms with E-state index in [2.05, 4.69) is 21.2 Å². The summed E-state index contributed by atoms with van der Waals surface area (Å²) < 4.78 is 5.98. The van der Waals surface area contributed by atoms with Crippen LogP contribution in [0.5, 0.6) is 0 Å². The van der Waals surface area contributed by atoms with Gasteiger partial charge in [-0.2, -0.15) is 0 Å². The smallest absolute Gasteiger partial charge is 0.208 e. The molecule has 2 heterocycles. The van der Waals surface area contributed by atoms with E-state index in [1.54, 1.807) is 23.1 Å². The summed E-state index contributed by atoms with van der Waals surface area (Å²) in [5, 5.41) is 10.1. The van der Waals surface area contributed by atoms with E-state index in [4.69, 9.17) is 4.74 Å². The summed E-state index contributed by atoms with van der Waals surface area (Å²) in [6.07, 6.45) is 8.32. The van der Waals surface area contributed by atoms with Crippen LogP contribution in [0.25, 0.3) is 10.7 Å². The summed E-state index contributed by atoms with van der Waals surface area (Å²) in [6.45, 7) is 0.790. The van der Waals surface area contributed by atoms with Gasteiger partial charge in [-0.05, 0) is 24.3 Å². The number of nitrogens with zero attached hydrogens (tertiary/aromatic N) is 2. The minimum Gasteiger partial charge on any atom is -0.377 e. The number of H-pyrrole nitrogens is 1. The van der Waals surface area contributed by atoms with Crippen molar-refractivity contribution in [3.63, 3.8) is 0 Å². The van der Waals surface area contributed by atoms with E-state index in [1.807, 2.05) is 11.4 Å². The van der Waals surface area contributed by atoms with Gasteiger partial charge in [-0.25, -0.2) is 4.98 Å². The van der Waals surface area contributed by atoms with Gasteiger partial charge in [0.05, 0.1) is 17.6 Å². The number of aromatic nitrogens is 3. The van der Waals surface area contributed by atoms with Gasteiger partial charge in [-0.15, -0.1) is 16.4 Å². The van der Waals surface area contributed by atoms with Gasteiger partial charge < -0.3 is 4.74 Å². The second-order valence-electron chi connectivity index (χ2n) is 5.28. The van der Waals surface area contributed by atoms with Crippen molar-refractivity contribution in [3.8, 4) is 10.7 Å². The number of rotatable bonds is 6. The summed E-state index contributed by atoms with van der Waals surface area (Å²) in [6, 6.07) is 4.07. The molecule has 21 heavy (non-hydrogen) atoms. The fourth-order valence-corrected chi connectivity index (χ4v) is 3.88. The molecule has 6 heteroatoms. The van der Waals surface area contributed by atoms with E-state index in [9.17, 15) is 0 Å². The molecule has 2 aromatic heterocycles. The molecule has 0 saturated heterocycles. The highest BCUT2D eigenvalue weighted by Crippen LogP contribution is 2.24. The number of hydrogen-bond donors (Lipinski definition) is 1. The molecule has 1 N–H and O–H groups in total. The fraction of sp³-hybridized carbons (Fsp3) is 0.600. The van der Waals surface area contributed by atoms with Crippen molar-refractivity contribution in [2.75, 3.05) is 12.4 Å². The second-order valence-corrected chi connectivity index (χ2v) is 7.29. The van der Waals surface area contributed by atoms with Crippen molar-refractivity contribution in [1.82, 2.24) is 15.2 Å². The standard InChI is InChI=1S/C15H21N3OS2/c1-2-4-7-12(6-3-1)19-9-11-21-15-16-14(17-18-15)13-8-5-10-20-13/h5,8,10,12H,1-4,6-7,9,11H2,(H,16,17,18). The minimum absolute atomic E-state index is 0.474. The van der Waals surface area contributed by atoms with Gasteiger partial charge in [0.25, 0.3) is 0 Å². The maximum Gasteiger partial charge on any atom is 0.208 e. The molecule has 3 rings (SSSR count). The average Bonchev–Trinajstić information content (AvgIpc) is 3.11. The Labute approximate surface area is 133 Å². The van der Waals surface area contributed by atoms with Crippen molar-refractivity contribution in [2.24, 2.45) is 0 Å². The average molecular weight is 323 g/mol. The third-order valence-corrected chi connectivity index (χ3v) is 5.38. The van der Waals surface area contributed by atoms with Gasteiger partial charge in [0, 0.05) is 5.75 Å². The molecule has 0 unspecified atom stereocenters. The summed E-state index contributed by atoms with van der Waals surface area (Å²) in [5.41, 5.74) is 0. The van der Waals surface area contributed by atoms with Crippen LogP contribution in [0.4, 0.5) is 0 Å². The molecule has 0 atom stereocenters. The van der Waals surface area contributed by atoms with Crippen molar-refractivity contribution in [3.05, 3.63) is 17.5 Å². The normalized spacial score (nSPS) is 17.0. The minimum atomic E-state index is 0.474. The van der Waals surface area contributed by atoms with Crippen LogP contribution < -0.4 is 0 Å². The fourth-order valence-electron chi connectivity index (χ4n) is 2.59. The maximum absolute atomic E-state index is 5.98. The van der Waals surface area contributed by atoms with Crippen LogP contribution in [0.2, 0.25) is 0 Å². The van der Waals surface area contributed by atoms with Crippen molar-refractivity contribution >= 4 is 23.1 Å². The Balaban J connectivity index is 1.39. The predicted molar refractivity (Wildman–Crippen MR) is 87.9 cm³/mol. The summed E-state index contributed by atoms with van der Waals surface area (Å²) in [7, 11) is 0. The Hall–Kier alpha value is -0.850. The Morgan fingerprint density at radius 3 is 2.90 bits per heavy atom. The first-order valence-electron chi connectivity index (χ1n) is 7.62. The molecule has 0 aliphatic heterocycles. The molecular weight excluding hydrogens is 302 g/mol.